The largest absolute Gasteiger partial charge is 0.329 e. The Morgan fingerprint density at radius 3 is 2.76 bits per heavy atom. The third-order valence-electron chi connectivity index (χ3n) is 2.60. The molecule has 0 fully saturated rings. The van der Waals surface area contributed by atoms with E-state index >= 15 is 0 Å². The minimum atomic E-state index is 0.771. The van der Waals surface area contributed by atoms with Gasteiger partial charge < -0.3 is 9.88 Å². The Hall–Kier alpha value is -1.32. The SMILES string of the molecule is CCNCc1nccn1Cc1ccc(Cl)cc1. The van der Waals surface area contributed by atoms with Crippen molar-refractivity contribution >= 4 is 11.6 Å². The van der Waals surface area contributed by atoms with Gasteiger partial charge in [-0.05, 0) is 24.2 Å². The predicted octanol–water partition coefficient (Wildman–Crippen LogP) is 2.69. The first-order chi connectivity index (χ1) is 8.29. The van der Waals surface area contributed by atoms with Crippen molar-refractivity contribution in [2.75, 3.05) is 6.54 Å². The van der Waals surface area contributed by atoms with Crippen LogP contribution in [0.2, 0.25) is 5.02 Å². The van der Waals surface area contributed by atoms with Crippen molar-refractivity contribution in [3.8, 4) is 0 Å². The fourth-order valence-electron chi connectivity index (χ4n) is 1.67. The summed E-state index contributed by atoms with van der Waals surface area (Å²) in [4.78, 5) is 4.34. The lowest BCUT2D eigenvalue weighted by Gasteiger charge is -2.08. The first-order valence-electron chi connectivity index (χ1n) is 5.74. The summed E-state index contributed by atoms with van der Waals surface area (Å²) in [6, 6.07) is 7.91. The van der Waals surface area contributed by atoms with Crippen LogP contribution in [0.3, 0.4) is 0 Å². The van der Waals surface area contributed by atoms with Crippen LogP contribution < -0.4 is 5.32 Å². The first kappa shape index (κ1) is 12.1. The van der Waals surface area contributed by atoms with Crippen LogP contribution in [-0.2, 0) is 13.1 Å². The van der Waals surface area contributed by atoms with Crippen LogP contribution in [0.15, 0.2) is 36.7 Å². The van der Waals surface area contributed by atoms with E-state index in [9.17, 15) is 0 Å². The number of imidazole rings is 1. The predicted molar refractivity (Wildman–Crippen MR) is 70.2 cm³/mol. The second-order valence-corrected chi connectivity index (χ2v) is 4.31. The highest BCUT2D eigenvalue weighted by molar-refractivity contribution is 6.30. The monoisotopic (exact) mass is 249 g/mol. The van der Waals surface area contributed by atoms with Crippen molar-refractivity contribution in [3.63, 3.8) is 0 Å². The van der Waals surface area contributed by atoms with Gasteiger partial charge in [0.05, 0.1) is 6.54 Å². The fourth-order valence-corrected chi connectivity index (χ4v) is 1.80. The second kappa shape index (κ2) is 5.84. The Labute approximate surface area is 106 Å². The summed E-state index contributed by atoms with van der Waals surface area (Å²) < 4.78 is 2.14. The normalized spacial score (nSPS) is 10.7. The highest BCUT2D eigenvalue weighted by atomic mass is 35.5. The maximum Gasteiger partial charge on any atom is 0.122 e. The van der Waals surface area contributed by atoms with Gasteiger partial charge in [-0.2, -0.15) is 0 Å². The van der Waals surface area contributed by atoms with Gasteiger partial charge in [0.25, 0.3) is 0 Å². The molecule has 1 aromatic heterocycles. The number of rotatable bonds is 5. The van der Waals surface area contributed by atoms with Gasteiger partial charge in [0.1, 0.15) is 5.82 Å². The van der Waals surface area contributed by atoms with Crippen LogP contribution in [0.4, 0.5) is 0 Å². The molecule has 1 heterocycles. The third kappa shape index (κ3) is 3.32. The summed E-state index contributed by atoms with van der Waals surface area (Å²) >= 11 is 5.86. The molecule has 0 unspecified atom stereocenters. The molecule has 17 heavy (non-hydrogen) atoms. The lowest BCUT2D eigenvalue weighted by atomic mass is 10.2. The molecule has 0 aliphatic carbocycles. The standard InChI is InChI=1S/C13H16ClN3/c1-2-15-9-13-16-7-8-17(13)10-11-3-5-12(14)6-4-11/h3-8,15H,2,9-10H2,1H3. The minimum Gasteiger partial charge on any atom is -0.329 e. The van der Waals surface area contributed by atoms with E-state index in [4.69, 9.17) is 11.6 Å². The third-order valence-corrected chi connectivity index (χ3v) is 2.85. The number of hydrogen-bond donors (Lipinski definition) is 1. The van der Waals surface area contributed by atoms with Gasteiger partial charge >= 0.3 is 0 Å². The molecule has 4 heteroatoms. The number of hydrogen-bond acceptors (Lipinski definition) is 2. The van der Waals surface area contributed by atoms with Gasteiger partial charge in [0, 0.05) is 24.0 Å². The van der Waals surface area contributed by atoms with Crippen LogP contribution in [0, 0.1) is 0 Å². The maximum atomic E-state index is 5.86. The van der Waals surface area contributed by atoms with E-state index in [0.29, 0.717) is 0 Å². The first-order valence-corrected chi connectivity index (χ1v) is 6.12. The molecule has 0 aliphatic rings. The molecule has 0 amide bonds. The zero-order chi connectivity index (χ0) is 12.1. The number of benzene rings is 1. The highest BCUT2D eigenvalue weighted by Crippen LogP contribution is 2.11. The van der Waals surface area contributed by atoms with Crippen LogP contribution in [0.5, 0.6) is 0 Å². The van der Waals surface area contributed by atoms with E-state index < -0.39 is 0 Å². The van der Waals surface area contributed by atoms with Crippen LogP contribution in [0.1, 0.15) is 18.3 Å². The van der Waals surface area contributed by atoms with Crippen molar-refractivity contribution in [2.24, 2.45) is 0 Å². The molecule has 2 aromatic rings. The zero-order valence-electron chi connectivity index (χ0n) is 9.86. The topological polar surface area (TPSA) is 29.9 Å². The Balaban J connectivity index is 2.07. The Bertz CT molecular complexity index is 462. The molecule has 0 saturated carbocycles. The summed E-state index contributed by atoms with van der Waals surface area (Å²) in [5.74, 6) is 1.06. The van der Waals surface area contributed by atoms with Crippen LogP contribution in [-0.4, -0.2) is 16.1 Å². The molecular formula is C13H16ClN3. The fraction of sp³-hybridized carbons (Fsp3) is 0.308. The van der Waals surface area contributed by atoms with E-state index in [1.165, 1.54) is 5.56 Å². The average molecular weight is 250 g/mol. The molecule has 3 nitrogen and oxygen atoms in total. The lowest BCUT2D eigenvalue weighted by molar-refractivity contribution is 0.639. The molecule has 0 radical (unpaired) electrons. The van der Waals surface area contributed by atoms with E-state index in [1.54, 1.807) is 0 Å². The molecule has 0 spiro atoms. The molecule has 0 atom stereocenters. The summed E-state index contributed by atoms with van der Waals surface area (Å²) in [5.41, 5.74) is 1.23. The Morgan fingerprint density at radius 2 is 2.06 bits per heavy atom. The van der Waals surface area contributed by atoms with Gasteiger partial charge in [-0.3, -0.25) is 0 Å². The molecule has 90 valence electrons. The summed E-state index contributed by atoms with van der Waals surface area (Å²) in [6.07, 6.45) is 3.84. The van der Waals surface area contributed by atoms with Gasteiger partial charge in [0.15, 0.2) is 0 Å². The lowest BCUT2D eigenvalue weighted by Crippen LogP contribution is -2.16. The molecular weight excluding hydrogens is 234 g/mol. The van der Waals surface area contributed by atoms with E-state index in [0.717, 1.165) is 30.5 Å². The van der Waals surface area contributed by atoms with Crippen molar-refractivity contribution in [1.82, 2.24) is 14.9 Å². The summed E-state index contributed by atoms with van der Waals surface area (Å²) in [7, 11) is 0. The Morgan fingerprint density at radius 1 is 1.29 bits per heavy atom. The molecule has 2 rings (SSSR count). The van der Waals surface area contributed by atoms with Crippen LogP contribution >= 0.6 is 11.6 Å². The number of nitrogens with one attached hydrogen (secondary N) is 1. The van der Waals surface area contributed by atoms with E-state index in [1.807, 2.05) is 36.7 Å². The molecule has 0 bridgehead atoms. The van der Waals surface area contributed by atoms with E-state index in [2.05, 4.69) is 21.8 Å². The van der Waals surface area contributed by atoms with Crippen LogP contribution in [0.25, 0.3) is 0 Å². The maximum absolute atomic E-state index is 5.86. The molecule has 1 N–H and O–H groups in total. The number of aromatic nitrogens is 2. The molecule has 0 aliphatic heterocycles. The number of nitrogens with zero attached hydrogens (tertiary/aromatic N) is 2. The van der Waals surface area contributed by atoms with E-state index in [-0.39, 0.29) is 0 Å². The summed E-state index contributed by atoms with van der Waals surface area (Å²) in [6.45, 7) is 4.68. The highest BCUT2D eigenvalue weighted by Gasteiger charge is 2.02. The van der Waals surface area contributed by atoms with Gasteiger partial charge in [-0.15, -0.1) is 0 Å². The molecule has 0 saturated heterocycles. The van der Waals surface area contributed by atoms with Crippen molar-refractivity contribution < 1.29 is 0 Å². The number of halogens is 1. The quantitative estimate of drug-likeness (QED) is 0.883. The average Bonchev–Trinajstić information content (AvgIpc) is 2.77. The summed E-state index contributed by atoms with van der Waals surface area (Å²) in [5, 5.41) is 4.05. The second-order valence-electron chi connectivity index (χ2n) is 3.88. The van der Waals surface area contributed by atoms with Gasteiger partial charge in [-0.25, -0.2) is 4.98 Å². The molecule has 1 aromatic carbocycles. The minimum absolute atomic E-state index is 0.771. The van der Waals surface area contributed by atoms with Crippen molar-refractivity contribution in [2.45, 2.75) is 20.0 Å². The van der Waals surface area contributed by atoms with Crippen molar-refractivity contribution in [3.05, 3.63) is 53.1 Å². The van der Waals surface area contributed by atoms with Crippen molar-refractivity contribution in [1.29, 1.82) is 0 Å². The van der Waals surface area contributed by atoms with Gasteiger partial charge in [0.2, 0.25) is 0 Å². The zero-order valence-corrected chi connectivity index (χ0v) is 10.6. The Kier molecular flexibility index (Phi) is 4.18. The van der Waals surface area contributed by atoms with Gasteiger partial charge in [-0.1, -0.05) is 30.7 Å². The smallest absolute Gasteiger partial charge is 0.122 e.